The van der Waals surface area contributed by atoms with E-state index in [0.717, 1.165) is 5.56 Å². The van der Waals surface area contributed by atoms with Gasteiger partial charge in [0.15, 0.2) is 11.5 Å². The van der Waals surface area contributed by atoms with E-state index in [1.807, 2.05) is 0 Å². The molecule has 2 aromatic rings. The van der Waals surface area contributed by atoms with Crippen molar-refractivity contribution < 1.29 is 37.7 Å². The minimum Gasteiger partial charge on any atom is -0.478 e. The third-order valence-corrected chi connectivity index (χ3v) is 6.25. The van der Waals surface area contributed by atoms with E-state index in [-0.39, 0.29) is 24.5 Å². The summed E-state index contributed by atoms with van der Waals surface area (Å²) in [5.74, 6) is -6.54. The Balaban J connectivity index is 1.24. The number of aromatic carboxylic acids is 1. The van der Waals surface area contributed by atoms with E-state index in [1.165, 1.54) is 18.2 Å². The number of carbonyl (C=O) groups is 2. The molecule has 9 heteroatoms. The molecular weight excluding hydrogens is 424 g/mol. The third-order valence-electron chi connectivity index (χ3n) is 6.25. The lowest BCUT2D eigenvalue weighted by Crippen LogP contribution is -2.41. The van der Waals surface area contributed by atoms with Crippen molar-refractivity contribution >= 4 is 11.9 Å². The third kappa shape index (κ3) is 3.66. The largest absolute Gasteiger partial charge is 0.478 e. The summed E-state index contributed by atoms with van der Waals surface area (Å²) in [4.78, 5) is 23.7. The second-order valence-electron chi connectivity index (χ2n) is 8.26. The van der Waals surface area contributed by atoms with Crippen LogP contribution in [0.4, 0.5) is 8.78 Å². The van der Waals surface area contributed by atoms with Crippen LogP contribution in [-0.4, -0.2) is 42.3 Å². The zero-order valence-corrected chi connectivity index (χ0v) is 16.9. The second kappa shape index (κ2) is 7.74. The van der Waals surface area contributed by atoms with Crippen molar-refractivity contribution in [3.63, 3.8) is 0 Å². The van der Waals surface area contributed by atoms with Crippen LogP contribution in [0.5, 0.6) is 11.5 Å². The molecule has 168 valence electrons. The van der Waals surface area contributed by atoms with Gasteiger partial charge in [-0.3, -0.25) is 4.79 Å². The summed E-state index contributed by atoms with van der Waals surface area (Å²) in [6.07, 6.45) is 0.592. The fourth-order valence-corrected chi connectivity index (χ4v) is 4.47. The number of alkyl halides is 2. The lowest BCUT2D eigenvalue weighted by Gasteiger charge is -2.30. The van der Waals surface area contributed by atoms with E-state index in [0.29, 0.717) is 36.5 Å². The summed E-state index contributed by atoms with van der Waals surface area (Å²) in [6, 6.07) is 10.7. The van der Waals surface area contributed by atoms with Crippen LogP contribution in [0, 0.1) is 5.92 Å². The highest BCUT2D eigenvalue weighted by molar-refractivity contribution is 5.87. The molecule has 4 atom stereocenters. The van der Waals surface area contributed by atoms with Gasteiger partial charge in [-0.1, -0.05) is 18.2 Å². The summed E-state index contributed by atoms with van der Waals surface area (Å²) in [5, 5.41) is 11.8. The molecule has 0 bridgehead atoms. The van der Waals surface area contributed by atoms with Gasteiger partial charge >= 0.3 is 5.97 Å². The molecule has 2 aliphatic heterocycles. The number of halogens is 2. The first-order chi connectivity index (χ1) is 15.3. The number of hydrogen-bond donors (Lipinski definition) is 2. The quantitative estimate of drug-likeness (QED) is 0.732. The zero-order chi connectivity index (χ0) is 22.5. The molecule has 1 aliphatic carbocycles. The van der Waals surface area contributed by atoms with Gasteiger partial charge in [0.25, 0.3) is 5.92 Å². The topological polar surface area (TPSA) is 94.1 Å². The molecule has 5 rings (SSSR count). The predicted octanol–water partition coefficient (Wildman–Crippen LogP) is 3.50. The Hall–Kier alpha value is -3.20. The van der Waals surface area contributed by atoms with Gasteiger partial charge in [-0.05, 0) is 48.2 Å². The van der Waals surface area contributed by atoms with Crippen molar-refractivity contribution in [2.45, 2.75) is 36.8 Å². The molecule has 2 N–H and O–H groups in total. The van der Waals surface area contributed by atoms with Crippen LogP contribution in [0.1, 0.15) is 46.3 Å². The monoisotopic (exact) mass is 445 g/mol. The molecular formula is C23H21F2NO6. The van der Waals surface area contributed by atoms with Gasteiger partial charge in [0, 0.05) is 12.6 Å². The van der Waals surface area contributed by atoms with Crippen LogP contribution in [-0.2, 0) is 9.53 Å². The van der Waals surface area contributed by atoms with E-state index < -0.39 is 29.6 Å². The molecule has 1 amide bonds. The number of fused-ring (bicyclic) bond motifs is 1. The second-order valence-corrected chi connectivity index (χ2v) is 8.26. The van der Waals surface area contributed by atoms with Crippen molar-refractivity contribution in [1.29, 1.82) is 0 Å². The Bertz CT molecular complexity index is 1060. The van der Waals surface area contributed by atoms with Crippen molar-refractivity contribution in [3.8, 4) is 11.5 Å². The molecule has 0 spiro atoms. The molecule has 0 radical (unpaired) electrons. The van der Waals surface area contributed by atoms with Crippen LogP contribution in [0.3, 0.4) is 0 Å². The van der Waals surface area contributed by atoms with Gasteiger partial charge in [-0.15, -0.1) is 0 Å². The summed E-state index contributed by atoms with van der Waals surface area (Å²) < 4.78 is 45.3. The van der Waals surface area contributed by atoms with Gasteiger partial charge in [0.2, 0.25) is 12.7 Å². The molecule has 32 heavy (non-hydrogen) atoms. The number of amides is 1. The first-order valence-corrected chi connectivity index (χ1v) is 10.4. The van der Waals surface area contributed by atoms with Crippen molar-refractivity contribution in [3.05, 3.63) is 59.2 Å². The average Bonchev–Trinajstić information content (AvgIpc) is 3.11. The van der Waals surface area contributed by atoms with Crippen LogP contribution in [0.2, 0.25) is 0 Å². The fourth-order valence-electron chi connectivity index (χ4n) is 4.47. The average molecular weight is 445 g/mol. The standard InChI is InChI=1S/C23H21F2NO6/c24-23(25)19(14-5-6-16-18(9-14)32-11-31-16)20(23)21(27)26-15-7-8-30-17(10-15)12-1-3-13(4-2-12)22(28)29/h1-6,9,15,17,19-20H,7-8,10-11H2,(H,26,27)(H,28,29)/t15-,17+,19?,20?/m0/s1. The molecule has 1 saturated carbocycles. The number of ether oxygens (including phenoxy) is 3. The van der Waals surface area contributed by atoms with Crippen molar-refractivity contribution in [2.24, 2.45) is 5.92 Å². The lowest BCUT2D eigenvalue weighted by molar-refractivity contribution is -0.126. The maximum Gasteiger partial charge on any atom is 0.335 e. The predicted molar refractivity (Wildman–Crippen MR) is 107 cm³/mol. The molecule has 2 aromatic carbocycles. The van der Waals surface area contributed by atoms with Gasteiger partial charge in [-0.25, -0.2) is 13.6 Å². The molecule has 2 heterocycles. The van der Waals surface area contributed by atoms with E-state index >= 15 is 0 Å². The van der Waals surface area contributed by atoms with Gasteiger partial charge in [-0.2, -0.15) is 0 Å². The number of benzene rings is 2. The molecule has 2 fully saturated rings. The Labute approximate surface area is 182 Å². The molecule has 3 aliphatic rings. The first kappa shape index (κ1) is 20.7. The van der Waals surface area contributed by atoms with Gasteiger partial charge in [0.1, 0.15) is 5.92 Å². The Morgan fingerprint density at radius 3 is 2.50 bits per heavy atom. The number of carboxylic acid groups (broad SMARTS) is 1. The highest BCUT2D eigenvalue weighted by Crippen LogP contribution is 2.62. The first-order valence-electron chi connectivity index (χ1n) is 10.4. The highest BCUT2D eigenvalue weighted by Gasteiger charge is 2.72. The fraction of sp³-hybridized carbons (Fsp3) is 0.391. The Kier molecular flexibility index (Phi) is 5.00. The number of carbonyl (C=O) groups excluding carboxylic acids is 1. The zero-order valence-electron chi connectivity index (χ0n) is 16.9. The van der Waals surface area contributed by atoms with Crippen molar-refractivity contribution in [1.82, 2.24) is 5.32 Å². The normalized spacial score (nSPS) is 27.6. The highest BCUT2D eigenvalue weighted by atomic mass is 19.3. The number of nitrogens with one attached hydrogen (secondary N) is 1. The van der Waals surface area contributed by atoms with Crippen LogP contribution in [0.15, 0.2) is 42.5 Å². The summed E-state index contributed by atoms with van der Waals surface area (Å²) >= 11 is 0. The minimum atomic E-state index is -3.13. The molecule has 0 aromatic heterocycles. The molecule has 1 saturated heterocycles. The van der Waals surface area contributed by atoms with Crippen molar-refractivity contribution in [2.75, 3.05) is 13.4 Å². The summed E-state index contributed by atoms with van der Waals surface area (Å²) in [5.41, 5.74) is 1.30. The lowest BCUT2D eigenvalue weighted by atomic mass is 9.96. The molecule has 7 nitrogen and oxygen atoms in total. The SMILES string of the molecule is O=C(O)c1ccc([C@H]2C[C@@H](NC(=O)C3C(c4ccc5c(c4)OCO5)C3(F)F)CCO2)cc1. The number of rotatable bonds is 5. The Morgan fingerprint density at radius 1 is 1.03 bits per heavy atom. The van der Waals surface area contributed by atoms with E-state index in [4.69, 9.17) is 19.3 Å². The van der Waals surface area contributed by atoms with E-state index in [2.05, 4.69) is 5.32 Å². The maximum absolute atomic E-state index is 14.5. The number of hydrogen-bond acceptors (Lipinski definition) is 5. The maximum atomic E-state index is 14.5. The van der Waals surface area contributed by atoms with E-state index in [9.17, 15) is 18.4 Å². The van der Waals surface area contributed by atoms with E-state index in [1.54, 1.807) is 24.3 Å². The van der Waals surface area contributed by atoms with Crippen LogP contribution in [0.25, 0.3) is 0 Å². The van der Waals surface area contributed by atoms with Gasteiger partial charge < -0.3 is 24.6 Å². The smallest absolute Gasteiger partial charge is 0.335 e. The van der Waals surface area contributed by atoms with Crippen LogP contribution < -0.4 is 14.8 Å². The minimum absolute atomic E-state index is 0.0493. The molecule has 2 unspecified atom stereocenters. The van der Waals surface area contributed by atoms with Crippen LogP contribution >= 0.6 is 0 Å². The number of carboxylic acids is 1. The Morgan fingerprint density at radius 2 is 1.75 bits per heavy atom. The van der Waals surface area contributed by atoms with Gasteiger partial charge in [0.05, 0.1) is 17.6 Å². The summed E-state index contributed by atoms with van der Waals surface area (Å²) in [7, 11) is 0. The summed E-state index contributed by atoms with van der Waals surface area (Å²) in [6.45, 7) is 0.413.